The Balaban J connectivity index is 0.00000392. The minimum absolute atomic E-state index is 0. The summed E-state index contributed by atoms with van der Waals surface area (Å²) >= 11 is 0. The maximum Gasteiger partial charge on any atom is 0.191 e. The Morgan fingerprint density at radius 3 is 2.39 bits per heavy atom. The molecule has 0 saturated carbocycles. The molecule has 7 heteroatoms. The quantitative estimate of drug-likeness (QED) is 0.290. The van der Waals surface area contributed by atoms with E-state index in [1.165, 1.54) is 5.56 Å². The highest BCUT2D eigenvalue weighted by molar-refractivity contribution is 14.0. The number of hydrogen-bond acceptors (Lipinski definition) is 3. The van der Waals surface area contributed by atoms with Gasteiger partial charge in [0, 0.05) is 35.4 Å². The number of guanidine groups is 1. The molecule has 2 rings (SSSR count). The summed E-state index contributed by atoms with van der Waals surface area (Å²) < 4.78 is 17.4. The molecular weight excluding hydrogens is 485 g/mol. The maximum atomic E-state index is 12.2. The van der Waals surface area contributed by atoms with Gasteiger partial charge in [0.25, 0.3) is 0 Å². The average molecular weight is 515 g/mol. The molecule has 0 amide bonds. The Labute approximate surface area is 187 Å². The second-order valence-electron chi connectivity index (χ2n) is 6.06. The smallest absolute Gasteiger partial charge is 0.191 e. The molecule has 0 fully saturated rings. The van der Waals surface area contributed by atoms with Gasteiger partial charge < -0.3 is 15.4 Å². The van der Waals surface area contributed by atoms with Gasteiger partial charge in [-0.1, -0.05) is 42.5 Å². The number of benzene rings is 2. The van der Waals surface area contributed by atoms with Crippen molar-refractivity contribution in [2.45, 2.75) is 19.1 Å². The Morgan fingerprint density at radius 2 is 1.75 bits per heavy atom. The van der Waals surface area contributed by atoms with Crippen molar-refractivity contribution in [3.63, 3.8) is 0 Å². The zero-order chi connectivity index (χ0) is 19.3. The monoisotopic (exact) mass is 515 g/mol. The molecule has 0 heterocycles. The maximum absolute atomic E-state index is 12.2. The SMILES string of the molecule is CCNC(=NCCS(=O)Cc1ccccc1)NCCc1ccc(OC)cc1.I. The van der Waals surface area contributed by atoms with E-state index in [0.717, 1.165) is 36.8 Å². The van der Waals surface area contributed by atoms with E-state index in [-0.39, 0.29) is 24.0 Å². The lowest BCUT2D eigenvalue weighted by atomic mass is 10.1. The number of methoxy groups -OCH3 is 1. The number of nitrogens with one attached hydrogen (secondary N) is 2. The van der Waals surface area contributed by atoms with Gasteiger partial charge in [-0.25, -0.2) is 0 Å². The molecular formula is C21H30IN3O2S. The van der Waals surface area contributed by atoms with Crippen LogP contribution in [0.15, 0.2) is 59.6 Å². The first-order chi connectivity index (χ1) is 13.2. The minimum atomic E-state index is -0.905. The van der Waals surface area contributed by atoms with Crippen molar-refractivity contribution < 1.29 is 8.95 Å². The van der Waals surface area contributed by atoms with E-state index in [2.05, 4.69) is 27.8 Å². The Kier molecular flexibility index (Phi) is 12.6. The fraction of sp³-hybridized carbons (Fsp3) is 0.381. The fourth-order valence-electron chi connectivity index (χ4n) is 2.55. The van der Waals surface area contributed by atoms with E-state index >= 15 is 0 Å². The third kappa shape index (κ3) is 9.54. The molecule has 0 aliphatic carbocycles. The topological polar surface area (TPSA) is 62.7 Å². The highest BCUT2D eigenvalue weighted by Gasteiger charge is 2.02. The number of hydrogen-bond donors (Lipinski definition) is 2. The predicted octanol–water partition coefficient (Wildman–Crippen LogP) is 3.36. The highest BCUT2D eigenvalue weighted by Crippen LogP contribution is 2.11. The van der Waals surface area contributed by atoms with Crippen molar-refractivity contribution in [1.82, 2.24) is 10.6 Å². The van der Waals surface area contributed by atoms with Crippen LogP contribution in [0, 0.1) is 0 Å². The van der Waals surface area contributed by atoms with Gasteiger partial charge in [0.2, 0.25) is 0 Å². The summed E-state index contributed by atoms with van der Waals surface area (Å²) in [6, 6.07) is 18.0. The second-order valence-corrected chi connectivity index (χ2v) is 7.64. The first-order valence-corrected chi connectivity index (χ1v) is 10.7. The second kappa shape index (κ2) is 14.4. The van der Waals surface area contributed by atoms with Crippen LogP contribution in [0.5, 0.6) is 5.75 Å². The molecule has 154 valence electrons. The summed E-state index contributed by atoms with van der Waals surface area (Å²) in [7, 11) is 0.765. The molecule has 0 aromatic heterocycles. The number of aliphatic imine (C=N–C) groups is 1. The summed E-state index contributed by atoms with van der Waals surface area (Å²) in [6.45, 7) is 4.15. The van der Waals surface area contributed by atoms with Gasteiger partial charge in [0.1, 0.15) is 5.75 Å². The lowest BCUT2D eigenvalue weighted by molar-refractivity contribution is 0.414. The van der Waals surface area contributed by atoms with E-state index in [0.29, 0.717) is 18.1 Å². The molecule has 1 unspecified atom stereocenters. The van der Waals surface area contributed by atoms with Crippen LogP contribution >= 0.6 is 24.0 Å². The van der Waals surface area contributed by atoms with Crippen LogP contribution in [-0.2, 0) is 23.0 Å². The van der Waals surface area contributed by atoms with Crippen LogP contribution in [0.1, 0.15) is 18.1 Å². The average Bonchev–Trinajstić information content (AvgIpc) is 2.69. The summed E-state index contributed by atoms with van der Waals surface area (Å²) in [4.78, 5) is 4.53. The van der Waals surface area contributed by atoms with Crippen LogP contribution in [0.3, 0.4) is 0 Å². The Bertz CT molecular complexity index is 724. The van der Waals surface area contributed by atoms with E-state index in [1.807, 2.05) is 49.4 Å². The molecule has 5 nitrogen and oxygen atoms in total. The zero-order valence-corrected chi connectivity index (χ0v) is 19.7. The largest absolute Gasteiger partial charge is 0.497 e. The third-order valence-electron chi connectivity index (χ3n) is 3.97. The van der Waals surface area contributed by atoms with Crippen molar-refractivity contribution >= 4 is 40.7 Å². The van der Waals surface area contributed by atoms with E-state index in [9.17, 15) is 4.21 Å². The highest BCUT2D eigenvalue weighted by atomic mass is 127. The van der Waals surface area contributed by atoms with Crippen molar-refractivity contribution in [3.8, 4) is 5.75 Å². The van der Waals surface area contributed by atoms with Crippen LogP contribution in [0.25, 0.3) is 0 Å². The molecule has 2 aromatic rings. The molecule has 0 aliphatic heterocycles. The first-order valence-electron chi connectivity index (χ1n) is 9.25. The molecule has 28 heavy (non-hydrogen) atoms. The molecule has 2 aromatic carbocycles. The van der Waals surface area contributed by atoms with Crippen LogP contribution in [0.2, 0.25) is 0 Å². The summed E-state index contributed by atoms with van der Waals surface area (Å²) in [6.07, 6.45) is 0.897. The first kappa shape index (κ1) is 24.4. The van der Waals surface area contributed by atoms with Gasteiger partial charge in [0.05, 0.1) is 13.7 Å². The van der Waals surface area contributed by atoms with Crippen LogP contribution in [-0.4, -0.2) is 42.7 Å². The zero-order valence-electron chi connectivity index (χ0n) is 16.5. The van der Waals surface area contributed by atoms with Crippen LogP contribution < -0.4 is 15.4 Å². The van der Waals surface area contributed by atoms with E-state index < -0.39 is 10.8 Å². The van der Waals surface area contributed by atoms with Crippen molar-refractivity contribution in [3.05, 3.63) is 65.7 Å². The molecule has 0 saturated heterocycles. The number of rotatable bonds is 10. The number of ether oxygens (including phenoxy) is 1. The van der Waals surface area contributed by atoms with Gasteiger partial charge in [-0.2, -0.15) is 0 Å². The summed E-state index contributed by atoms with van der Waals surface area (Å²) in [5, 5.41) is 6.56. The third-order valence-corrected chi connectivity index (χ3v) is 5.26. The lowest BCUT2D eigenvalue weighted by Gasteiger charge is -2.11. The van der Waals surface area contributed by atoms with E-state index in [1.54, 1.807) is 7.11 Å². The van der Waals surface area contributed by atoms with Gasteiger partial charge >= 0.3 is 0 Å². The standard InChI is InChI=1S/C21H29N3O2S.HI/c1-3-22-21(23-14-13-18-9-11-20(26-2)12-10-18)24-15-16-27(25)17-19-7-5-4-6-8-19;/h4-12H,3,13-17H2,1-2H3,(H2,22,23,24);1H. The van der Waals surface area contributed by atoms with Gasteiger partial charge in [0.15, 0.2) is 5.96 Å². The Morgan fingerprint density at radius 1 is 1.04 bits per heavy atom. The minimum Gasteiger partial charge on any atom is -0.497 e. The number of halogens is 1. The lowest BCUT2D eigenvalue weighted by Crippen LogP contribution is -2.38. The molecule has 0 spiro atoms. The molecule has 0 bridgehead atoms. The van der Waals surface area contributed by atoms with Crippen molar-refractivity contribution in [2.24, 2.45) is 4.99 Å². The number of nitrogens with zero attached hydrogens (tertiary/aromatic N) is 1. The van der Waals surface area contributed by atoms with Gasteiger partial charge in [-0.05, 0) is 36.6 Å². The van der Waals surface area contributed by atoms with Crippen LogP contribution in [0.4, 0.5) is 0 Å². The Hall–Kier alpha value is -1.61. The molecule has 2 N–H and O–H groups in total. The van der Waals surface area contributed by atoms with E-state index in [4.69, 9.17) is 4.74 Å². The fourth-order valence-corrected chi connectivity index (χ4v) is 3.55. The van der Waals surface area contributed by atoms with Gasteiger partial charge in [-0.3, -0.25) is 9.20 Å². The predicted molar refractivity (Wildman–Crippen MR) is 129 cm³/mol. The normalized spacial score (nSPS) is 12.0. The van der Waals surface area contributed by atoms with Crippen molar-refractivity contribution in [2.75, 3.05) is 32.5 Å². The molecule has 0 aliphatic rings. The summed E-state index contributed by atoms with van der Waals surface area (Å²) in [5.74, 6) is 2.77. The van der Waals surface area contributed by atoms with Crippen molar-refractivity contribution in [1.29, 1.82) is 0 Å². The molecule has 0 radical (unpaired) electrons. The molecule has 1 atom stereocenters. The van der Waals surface area contributed by atoms with Gasteiger partial charge in [-0.15, -0.1) is 24.0 Å². The summed E-state index contributed by atoms with van der Waals surface area (Å²) in [5.41, 5.74) is 2.34.